The van der Waals surface area contributed by atoms with Crippen molar-refractivity contribution in [3.63, 3.8) is 0 Å². The van der Waals surface area contributed by atoms with Gasteiger partial charge >= 0.3 is 0 Å². The summed E-state index contributed by atoms with van der Waals surface area (Å²) in [5, 5.41) is 3.48. The van der Waals surface area contributed by atoms with Crippen LogP contribution >= 0.6 is 11.3 Å². The summed E-state index contributed by atoms with van der Waals surface area (Å²) in [5.74, 6) is 2.19. The molecule has 1 unspecified atom stereocenters. The molecule has 33 heavy (non-hydrogen) atoms. The first-order valence-electron chi connectivity index (χ1n) is 11.0. The third-order valence-electron chi connectivity index (χ3n) is 5.76. The largest absolute Gasteiger partial charge is 0.484 e. The Morgan fingerprint density at radius 2 is 2.09 bits per heavy atom. The lowest BCUT2D eigenvalue weighted by Crippen LogP contribution is -2.44. The molecule has 4 aromatic rings. The SMILES string of the molecule is Cc1nc(NC(C)c2cccc(OCC(=O)N3CCC3)c2)cc(-c2ccc3ncsc3c2)n1.[HH]. The van der Waals surface area contributed by atoms with Gasteiger partial charge in [-0.05, 0) is 50.1 Å². The molecular weight excluding hydrogens is 434 g/mol. The standard InChI is InChI=1S/C25H25N5O2S.H2/c1-16(18-5-3-6-20(11-18)32-14-25(31)30-9-4-10-30)27-24-13-22(28-17(2)29-24)19-7-8-21-23(12-19)33-15-26-21;/h3,5-8,11-13,15-16H,4,9-10,14H2,1-2H3,(H,27,28,29);1H. The highest BCUT2D eigenvalue weighted by molar-refractivity contribution is 7.16. The molecule has 0 saturated carbocycles. The van der Waals surface area contributed by atoms with E-state index in [1.54, 1.807) is 11.3 Å². The van der Waals surface area contributed by atoms with Gasteiger partial charge in [-0.1, -0.05) is 18.2 Å². The number of ether oxygens (including phenoxy) is 1. The molecule has 7 nitrogen and oxygen atoms in total. The van der Waals surface area contributed by atoms with Crippen LogP contribution in [0.5, 0.6) is 5.75 Å². The predicted molar refractivity (Wildman–Crippen MR) is 133 cm³/mol. The number of nitrogens with zero attached hydrogens (tertiary/aromatic N) is 4. The van der Waals surface area contributed by atoms with Crippen molar-refractivity contribution in [2.45, 2.75) is 26.3 Å². The van der Waals surface area contributed by atoms with Crippen molar-refractivity contribution in [1.29, 1.82) is 0 Å². The van der Waals surface area contributed by atoms with E-state index >= 15 is 0 Å². The van der Waals surface area contributed by atoms with Gasteiger partial charge in [0.15, 0.2) is 6.61 Å². The molecule has 1 amide bonds. The molecule has 1 saturated heterocycles. The maximum Gasteiger partial charge on any atom is 0.260 e. The quantitative estimate of drug-likeness (QED) is 0.413. The van der Waals surface area contributed by atoms with Gasteiger partial charge in [0, 0.05) is 26.1 Å². The van der Waals surface area contributed by atoms with E-state index in [-0.39, 0.29) is 20.0 Å². The second-order valence-electron chi connectivity index (χ2n) is 8.18. The molecule has 1 N–H and O–H groups in total. The number of aryl methyl sites for hydroxylation is 1. The van der Waals surface area contributed by atoms with Gasteiger partial charge < -0.3 is 15.0 Å². The van der Waals surface area contributed by atoms with Crippen molar-refractivity contribution in [3.8, 4) is 17.0 Å². The summed E-state index contributed by atoms with van der Waals surface area (Å²) >= 11 is 1.62. The van der Waals surface area contributed by atoms with Gasteiger partial charge in [0.05, 0.1) is 27.5 Å². The normalized spacial score (nSPS) is 14.1. The minimum absolute atomic E-state index is 0. The summed E-state index contributed by atoms with van der Waals surface area (Å²) in [6.45, 7) is 5.71. The number of amides is 1. The minimum Gasteiger partial charge on any atom is -0.484 e. The summed E-state index contributed by atoms with van der Waals surface area (Å²) in [6, 6.07) is 16.0. The molecule has 0 aliphatic carbocycles. The molecule has 2 aromatic heterocycles. The third-order valence-corrected chi connectivity index (χ3v) is 6.55. The lowest BCUT2D eigenvalue weighted by atomic mass is 10.1. The van der Waals surface area contributed by atoms with Crippen molar-refractivity contribution >= 4 is 33.3 Å². The Morgan fingerprint density at radius 3 is 2.91 bits per heavy atom. The minimum atomic E-state index is -0.00856. The highest BCUT2D eigenvalue weighted by Crippen LogP contribution is 2.28. The number of hydrogen-bond donors (Lipinski definition) is 1. The zero-order valence-electron chi connectivity index (χ0n) is 18.6. The Labute approximate surface area is 198 Å². The number of aromatic nitrogens is 3. The molecule has 1 atom stereocenters. The van der Waals surface area contributed by atoms with E-state index in [1.165, 1.54) is 0 Å². The fourth-order valence-corrected chi connectivity index (χ4v) is 4.50. The monoisotopic (exact) mass is 461 g/mol. The van der Waals surface area contributed by atoms with Gasteiger partial charge in [0.1, 0.15) is 17.4 Å². The molecule has 0 spiro atoms. The number of carbonyl (C=O) groups is 1. The molecule has 1 fully saturated rings. The van der Waals surface area contributed by atoms with Crippen molar-refractivity contribution in [2.75, 3.05) is 25.0 Å². The first-order chi connectivity index (χ1) is 16.0. The van der Waals surface area contributed by atoms with E-state index < -0.39 is 0 Å². The maximum atomic E-state index is 12.1. The van der Waals surface area contributed by atoms with Crippen LogP contribution < -0.4 is 10.1 Å². The number of nitrogens with one attached hydrogen (secondary N) is 1. The number of carbonyl (C=O) groups excluding carboxylic acids is 1. The maximum absolute atomic E-state index is 12.1. The second-order valence-corrected chi connectivity index (χ2v) is 9.07. The molecular formula is C25H27N5O2S. The molecule has 3 heterocycles. The smallest absolute Gasteiger partial charge is 0.260 e. The lowest BCUT2D eigenvalue weighted by molar-refractivity contribution is -0.136. The average Bonchev–Trinajstić information content (AvgIpc) is 3.24. The molecule has 1 aliphatic rings. The number of benzene rings is 2. The fraction of sp³-hybridized carbons (Fsp3) is 0.280. The zero-order valence-corrected chi connectivity index (χ0v) is 19.4. The van der Waals surface area contributed by atoms with Gasteiger partial charge in [-0.3, -0.25) is 4.79 Å². The van der Waals surface area contributed by atoms with Crippen LogP contribution in [0.15, 0.2) is 54.0 Å². The van der Waals surface area contributed by atoms with Crippen LogP contribution in [-0.2, 0) is 4.79 Å². The van der Waals surface area contributed by atoms with Crippen LogP contribution in [0.4, 0.5) is 5.82 Å². The van der Waals surface area contributed by atoms with E-state index in [1.807, 2.05) is 59.8 Å². The van der Waals surface area contributed by atoms with Crippen molar-refractivity contribution < 1.29 is 11.0 Å². The van der Waals surface area contributed by atoms with Gasteiger partial charge in [-0.15, -0.1) is 11.3 Å². The first kappa shape index (κ1) is 21.3. The number of thiazole rings is 1. The van der Waals surface area contributed by atoms with Crippen molar-refractivity contribution in [1.82, 2.24) is 19.9 Å². The molecule has 0 bridgehead atoms. The lowest BCUT2D eigenvalue weighted by Gasteiger charge is -2.30. The number of hydrogen-bond acceptors (Lipinski definition) is 7. The van der Waals surface area contributed by atoms with E-state index in [9.17, 15) is 4.79 Å². The molecule has 1 aliphatic heterocycles. The van der Waals surface area contributed by atoms with Gasteiger partial charge in [0.25, 0.3) is 5.91 Å². The van der Waals surface area contributed by atoms with Crippen LogP contribution in [0.25, 0.3) is 21.5 Å². The molecule has 0 radical (unpaired) electrons. The third kappa shape index (κ3) is 4.80. The molecule has 8 heteroatoms. The highest BCUT2D eigenvalue weighted by atomic mass is 32.1. The summed E-state index contributed by atoms with van der Waals surface area (Å²) in [7, 11) is 0. The van der Waals surface area contributed by atoms with Gasteiger partial charge in [-0.2, -0.15) is 0 Å². The topological polar surface area (TPSA) is 80.2 Å². The van der Waals surface area contributed by atoms with Crippen LogP contribution in [0, 0.1) is 6.92 Å². The van der Waals surface area contributed by atoms with E-state index in [0.717, 1.165) is 52.4 Å². The number of likely N-dealkylation sites (tertiary alicyclic amines) is 1. The number of rotatable bonds is 7. The van der Waals surface area contributed by atoms with Crippen molar-refractivity contribution in [3.05, 3.63) is 65.4 Å². The van der Waals surface area contributed by atoms with E-state index in [4.69, 9.17) is 4.74 Å². The van der Waals surface area contributed by atoms with Crippen LogP contribution in [-0.4, -0.2) is 45.5 Å². The second kappa shape index (κ2) is 9.15. The van der Waals surface area contributed by atoms with Crippen LogP contribution in [0.1, 0.15) is 32.2 Å². The molecule has 5 rings (SSSR count). The Hall–Kier alpha value is -3.52. The van der Waals surface area contributed by atoms with Crippen LogP contribution in [0.2, 0.25) is 0 Å². The van der Waals surface area contributed by atoms with Crippen LogP contribution in [0.3, 0.4) is 0 Å². The first-order valence-corrected chi connectivity index (χ1v) is 11.9. The van der Waals surface area contributed by atoms with Gasteiger partial charge in [0.2, 0.25) is 0 Å². The molecule has 170 valence electrons. The van der Waals surface area contributed by atoms with Crippen molar-refractivity contribution in [2.24, 2.45) is 0 Å². The summed E-state index contributed by atoms with van der Waals surface area (Å²) in [5.41, 5.74) is 5.81. The molecule has 2 aromatic carbocycles. The summed E-state index contributed by atoms with van der Waals surface area (Å²) in [6.07, 6.45) is 1.08. The summed E-state index contributed by atoms with van der Waals surface area (Å²) < 4.78 is 6.88. The Kier molecular flexibility index (Phi) is 5.92. The Bertz CT molecular complexity index is 1310. The predicted octanol–water partition coefficient (Wildman–Crippen LogP) is 5.09. The van der Waals surface area contributed by atoms with E-state index in [0.29, 0.717) is 11.6 Å². The number of anilines is 1. The average molecular weight is 462 g/mol. The Morgan fingerprint density at radius 1 is 1.21 bits per heavy atom. The van der Waals surface area contributed by atoms with E-state index in [2.05, 4.69) is 33.3 Å². The Balaban J connectivity index is 0.00000274. The fourth-order valence-electron chi connectivity index (χ4n) is 3.78. The zero-order chi connectivity index (χ0) is 22.8. The summed E-state index contributed by atoms with van der Waals surface area (Å²) in [4.78, 5) is 27.4. The highest BCUT2D eigenvalue weighted by Gasteiger charge is 2.20. The van der Waals surface area contributed by atoms with Gasteiger partial charge in [-0.25, -0.2) is 15.0 Å². The number of fused-ring (bicyclic) bond motifs is 1.